The van der Waals surface area contributed by atoms with Crippen molar-refractivity contribution in [2.24, 2.45) is 0 Å². The molecule has 0 aliphatic carbocycles. The van der Waals surface area contributed by atoms with Crippen LogP contribution in [0.1, 0.15) is 46.0 Å². The third kappa shape index (κ3) is 2.94. The van der Waals surface area contributed by atoms with Crippen LogP contribution in [0, 0.1) is 0 Å². The number of rotatable bonds is 5. The molecule has 0 radical (unpaired) electrons. The Balaban J connectivity index is 2.50. The van der Waals surface area contributed by atoms with E-state index in [9.17, 15) is 15.3 Å². The maximum atomic E-state index is 10.3. The molecule has 1 aliphatic rings. The molecule has 1 fully saturated rings. The lowest BCUT2D eigenvalue weighted by atomic mass is 9.81. The van der Waals surface area contributed by atoms with E-state index in [0.29, 0.717) is 6.42 Å². The molecule has 1 rings (SSSR count). The van der Waals surface area contributed by atoms with Crippen LogP contribution in [0.15, 0.2) is 0 Å². The zero-order valence-electron chi connectivity index (χ0n) is 10.2. The van der Waals surface area contributed by atoms with Crippen LogP contribution in [-0.2, 0) is 4.74 Å². The van der Waals surface area contributed by atoms with Crippen LogP contribution < -0.4 is 0 Å². The number of aliphatic hydroxyl groups excluding tert-OH is 2. The van der Waals surface area contributed by atoms with Crippen LogP contribution in [0.4, 0.5) is 0 Å². The molecule has 96 valence electrons. The highest BCUT2D eigenvalue weighted by Crippen LogP contribution is 2.31. The fraction of sp³-hybridized carbons (Fsp3) is 1.00. The monoisotopic (exact) mass is 232 g/mol. The van der Waals surface area contributed by atoms with Gasteiger partial charge in [-0.2, -0.15) is 0 Å². The van der Waals surface area contributed by atoms with Crippen molar-refractivity contribution in [3.63, 3.8) is 0 Å². The largest absolute Gasteiger partial charge is 0.388 e. The molecule has 16 heavy (non-hydrogen) atoms. The number of aliphatic hydroxyl groups is 3. The lowest BCUT2D eigenvalue weighted by molar-refractivity contribution is -0.240. The summed E-state index contributed by atoms with van der Waals surface area (Å²) in [4.78, 5) is 0. The van der Waals surface area contributed by atoms with Crippen molar-refractivity contribution in [2.75, 3.05) is 6.61 Å². The summed E-state index contributed by atoms with van der Waals surface area (Å²) in [7, 11) is 0. The molecular weight excluding hydrogens is 208 g/mol. The first-order chi connectivity index (χ1) is 7.52. The summed E-state index contributed by atoms with van der Waals surface area (Å²) < 4.78 is 5.27. The second kappa shape index (κ2) is 5.96. The molecule has 1 saturated heterocycles. The molecule has 0 bridgehead atoms. The van der Waals surface area contributed by atoms with Gasteiger partial charge in [0.05, 0.1) is 12.7 Å². The Morgan fingerprint density at radius 3 is 2.56 bits per heavy atom. The van der Waals surface area contributed by atoms with Crippen LogP contribution in [0.3, 0.4) is 0 Å². The van der Waals surface area contributed by atoms with Gasteiger partial charge in [0.1, 0.15) is 17.8 Å². The average molecular weight is 232 g/mol. The van der Waals surface area contributed by atoms with Crippen molar-refractivity contribution in [2.45, 2.75) is 69.9 Å². The van der Waals surface area contributed by atoms with Crippen LogP contribution in [0.5, 0.6) is 0 Å². The fourth-order valence-corrected chi connectivity index (χ4v) is 2.24. The zero-order chi connectivity index (χ0) is 12.2. The predicted octanol–water partition coefficient (Wildman–Crippen LogP) is 0.828. The Bertz CT molecular complexity index is 209. The minimum absolute atomic E-state index is 0.0968. The summed E-state index contributed by atoms with van der Waals surface area (Å²) in [6.07, 6.45) is 2.13. The highest BCUT2D eigenvalue weighted by atomic mass is 16.5. The zero-order valence-corrected chi connectivity index (χ0v) is 10.2. The van der Waals surface area contributed by atoms with E-state index in [0.717, 1.165) is 25.7 Å². The molecule has 0 amide bonds. The van der Waals surface area contributed by atoms with Crippen molar-refractivity contribution in [1.29, 1.82) is 0 Å². The molecule has 3 N–H and O–H groups in total. The third-order valence-electron chi connectivity index (χ3n) is 3.53. The lowest BCUT2D eigenvalue weighted by Gasteiger charge is -2.44. The molecule has 0 spiro atoms. The molecule has 0 aromatic carbocycles. The van der Waals surface area contributed by atoms with Crippen LogP contribution in [-0.4, -0.2) is 45.8 Å². The molecule has 4 heteroatoms. The van der Waals surface area contributed by atoms with E-state index < -0.39 is 23.9 Å². The van der Waals surface area contributed by atoms with Gasteiger partial charge in [-0.3, -0.25) is 0 Å². The Kier molecular flexibility index (Phi) is 5.18. The minimum atomic E-state index is -1.30. The smallest absolute Gasteiger partial charge is 0.119 e. The summed E-state index contributed by atoms with van der Waals surface area (Å²) in [5.74, 6) is 0. The number of hydrogen-bond acceptors (Lipinski definition) is 4. The quantitative estimate of drug-likeness (QED) is 0.614. The van der Waals surface area contributed by atoms with Gasteiger partial charge in [0.15, 0.2) is 0 Å². The van der Waals surface area contributed by atoms with Gasteiger partial charge in [-0.25, -0.2) is 0 Å². The third-order valence-corrected chi connectivity index (χ3v) is 3.53. The summed E-state index contributed by atoms with van der Waals surface area (Å²) in [6, 6.07) is 0. The van der Waals surface area contributed by atoms with E-state index >= 15 is 0 Å². The van der Waals surface area contributed by atoms with E-state index in [1.807, 2.05) is 0 Å². The normalized spacial score (nSPS) is 39.9. The number of hydrogen-bond donors (Lipinski definition) is 3. The van der Waals surface area contributed by atoms with Gasteiger partial charge in [0, 0.05) is 0 Å². The van der Waals surface area contributed by atoms with Crippen molar-refractivity contribution < 1.29 is 20.1 Å². The second-order valence-corrected chi connectivity index (χ2v) is 4.79. The predicted molar refractivity (Wildman–Crippen MR) is 61.1 cm³/mol. The van der Waals surface area contributed by atoms with Gasteiger partial charge in [-0.1, -0.05) is 32.6 Å². The molecule has 4 nitrogen and oxygen atoms in total. The molecule has 0 saturated carbocycles. The van der Waals surface area contributed by atoms with Crippen molar-refractivity contribution >= 4 is 0 Å². The topological polar surface area (TPSA) is 69.9 Å². The van der Waals surface area contributed by atoms with E-state index in [2.05, 4.69) is 6.92 Å². The highest BCUT2D eigenvalue weighted by Gasteiger charge is 2.48. The molecule has 2 unspecified atom stereocenters. The van der Waals surface area contributed by atoms with Crippen LogP contribution >= 0.6 is 0 Å². The lowest BCUT2D eigenvalue weighted by Crippen LogP contribution is -2.61. The molecule has 4 atom stereocenters. The van der Waals surface area contributed by atoms with Gasteiger partial charge in [-0.05, 0) is 13.3 Å². The molecular formula is C12H24O4. The summed E-state index contributed by atoms with van der Waals surface area (Å²) >= 11 is 0. The van der Waals surface area contributed by atoms with Crippen LogP contribution in [0.25, 0.3) is 0 Å². The Hall–Kier alpha value is -0.160. The summed E-state index contributed by atoms with van der Waals surface area (Å²) in [5, 5.41) is 29.7. The maximum Gasteiger partial charge on any atom is 0.119 e. The average Bonchev–Trinajstić information content (AvgIpc) is 2.28. The minimum Gasteiger partial charge on any atom is -0.388 e. The van der Waals surface area contributed by atoms with Gasteiger partial charge in [0.25, 0.3) is 0 Å². The SMILES string of the molecule is CCCCCC[C@@]1(O)C(C)OC[C@H](O)C1O. The maximum absolute atomic E-state index is 10.3. The van der Waals surface area contributed by atoms with Crippen molar-refractivity contribution in [3.8, 4) is 0 Å². The molecule has 0 aromatic heterocycles. The first kappa shape index (κ1) is 13.9. The Morgan fingerprint density at radius 2 is 1.94 bits per heavy atom. The number of ether oxygens (including phenoxy) is 1. The second-order valence-electron chi connectivity index (χ2n) is 4.79. The van der Waals surface area contributed by atoms with Crippen molar-refractivity contribution in [3.05, 3.63) is 0 Å². The standard InChI is InChI=1S/C12H24O4/c1-3-4-5-6-7-12(15)9(2)16-8-10(13)11(12)14/h9-11,13-15H,3-8H2,1-2H3/t9?,10-,11?,12+/m0/s1. The van der Waals surface area contributed by atoms with Gasteiger partial charge in [0.2, 0.25) is 0 Å². The van der Waals surface area contributed by atoms with Crippen LogP contribution in [0.2, 0.25) is 0 Å². The van der Waals surface area contributed by atoms with Gasteiger partial charge < -0.3 is 20.1 Å². The van der Waals surface area contributed by atoms with E-state index in [1.165, 1.54) is 0 Å². The number of unbranched alkanes of at least 4 members (excludes halogenated alkanes) is 3. The van der Waals surface area contributed by atoms with Gasteiger partial charge >= 0.3 is 0 Å². The van der Waals surface area contributed by atoms with E-state index in [4.69, 9.17) is 4.74 Å². The van der Waals surface area contributed by atoms with E-state index in [-0.39, 0.29) is 6.61 Å². The Labute approximate surface area is 97.2 Å². The summed E-state index contributed by atoms with van der Waals surface area (Å²) in [5.41, 5.74) is -1.30. The highest BCUT2D eigenvalue weighted by molar-refractivity contribution is 4.98. The first-order valence-electron chi connectivity index (χ1n) is 6.22. The van der Waals surface area contributed by atoms with E-state index in [1.54, 1.807) is 6.92 Å². The molecule has 1 aliphatic heterocycles. The Morgan fingerprint density at radius 1 is 1.25 bits per heavy atom. The molecule has 1 heterocycles. The summed E-state index contributed by atoms with van der Waals surface area (Å²) in [6.45, 7) is 3.97. The fourth-order valence-electron chi connectivity index (χ4n) is 2.24. The molecule has 0 aromatic rings. The van der Waals surface area contributed by atoms with Gasteiger partial charge in [-0.15, -0.1) is 0 Å². The first-order valence-corrected chi connectivity index (χ1v) is 6.22. The van der Waals surface area contributed by atoms with Crippen molar-refractivity contribution in [1.82, 2.24) is 0 Å².